The first kappa shape index (κ1) is 17.1. The van der Waals surface area contributed by atoms with Crippen LogP contribution in [-0.2, 0) is 6.54 Å². The number of anilines is 1. The summed E-state index contributed by atoms with van der Waals surface area (Å²) in [6, 6.07) is 9.80. The summed E-state index contributed by atoms with van der Waals surface area (Å²) < 4.78 is 10.8. The summed E-state index contributed by atoms with van der Waals surface area (Å²) in [4.78, 5) is 18.4. The Kier molecular flexibility index (Phi) is 5.07. The van der Waals surface area contributed by atoms with Crippen LogP contribution in [0.3, 0.4) is 0 Å². The molecule has 0 atom stereocenters. The largest absolute Gasteiger partial charge is 0.493 e. The van der Waals surface area contributed by atoms with Crippen LogP contribution in [0, 0.1) is 0 Å². The lowest BCUT2D eigenvalue weighted by molar-refractivity contribution is 0.0950. The highest BCUT2D eigenvalue weighted by Crippen LogP contribution is 2.31. The Morgan fingerprint density at radius 1 is 1.24 bits per heavy atom. The Morgan fingerprint density at radius 2 is 2.04 bits per heavy atom. The highest BCUT2D eigenvalue weighted by Gasteiger charge is 2.24. The second kappa shape index (κ2) is 7.42. The Hall–Kier alpha value is -2.76. The Labute approximate surface area is 147 Å². The quantitative estimate of drug-likeness (QED) is 0.839. The molecule has 1 N–H and O–H groups in total. The molecular weight excluding hydrogens is 318 g/mol. The average molecular weight is 341 g/mol. The van der Waals surface area contributed by atoms with Crippen molar-refractivity contribution >= 4 is 11.7 Å². The van der Waals surface area contributed by atoms with Gasteiger partial charge in [-0.05, 0) is 31.0 Å². The molecule has 0 saturated heterocycles. The van der Waals surface area contributed by atoms with Crippen LogP contribution in [0.1, 0.15) is 28.8 Å². The molecule has 0 radical (unpaired) electrons. The molecule has 0 bridgehead atoms. The van der Waals surface area contributed by atoms with E-state index in [2.05, 4.69) is 10.3 Å². The lowest BCUT2D eigenvalue weighted by atomic mass is 10.1. The number of rotatable bonds is 7. The number of amides is 1. The Bertz CT molecular complexity index is 742. The fourth-order valence-corrected chi connectivity index (χ4v) is 2.66. The van der Waals surface area contributed by atoms with Gasteiger partial charge in [-0.25, -0.2) is 4.98 Å². The van der Waals surface area contributed by atoms with Crippen LogP contribution in [0.25, 0.3) is 0 Å². The highest BCUT2D eigenvalue weighted by atomic mass is 16.5. The molecule has 2 aromatic rings. The van der Waals surface area contributed by atoms with E-state index in [0.717, 1.165) is 30.0 Å². The molecule has 6 heteroatoms. The van der Waals surface area contributed by atoms with Crippen LogP contribution in [0.2, 0.25) is 0 Å². The molecule has 1 aromatic carbocycles. The zero-order chi connectivity index (χ0) is 17.8. The topological polar surface area (TPSA) is 63.7 Å². The maximum atomic E-state index is 12.0. The second-order valence-corrected chi connectivity index (χ2v) is 6.16. The summed E-state index contributed by atoms with van der Waals surface area (Å²) in [7, 11) is 5.20. The molecule has 0 aliphatic heterocycles. The summed E-state index contributed by atoms with van der Waals surface area (Å²) in [5.74, 6) is 2.15. The maximum Gasteiger partial charge on any atom is 0.253 e. The first-order chi connectivity index (χ1) is 12.1. The van der Waals surface area contributed by atoms with E-state index in [1.165, 1.54) is 0 Å². The number of para-hydroxylation sites is 1. The van der Waals surface area contributed by atoms with E-state index in [1.54, 1.807) is 26.5 Å². The van der Waals surface area contributed by atoms with E-state index < -0.39 is 0 Å². The number of aromatic nitrogens is 1. The van der Waals surface area contributed by atoms with Crippen LogP contribution >= 0.6 is 0 Å². The lowest BCUT2D eigenvalue weighted by Gasteiger charge is -2.20. The van der Waals surface area contributed by atoms with Crippen LogP contribution in [0.4, 0.5) is 5.82 Å². The van der Waals surface area contributed by atoms with Crippen LogP contribution in [0.15, 0.2) is 36.5 Å². The molecule has 1 saturated carbocycles. The van der Waals surface area contributed by atoms with Gasteiger partial charge in [-0.15, -0.1) is 0 Å². The molecule has 25 heavy (non-hydrogen) atoms. The number of methoxy groups -OCH3 is 2. The third-order valence-corrected chi connectivity index (χ3v) is 4.21. The molecule has 1 aromatic heterocycles. The smallest absolute Gasteiger partial charge is 0.253 e. The molecule has 1 amide bonds. The first-order valence-electron chi connectivity index (χ1n) is 8.30. The summed E-state index contributed by atoms with van der Waals surface area (Å²) in [6.07, 6.45) is 3.76. The molecule has 0 unspecified atom stereocenters. The van der Waals surface area contributed by atoms with E-state index in [1.807, 2.05) is 36.2 Å². The van der Waals surface area contributed by atoms with Crippen molar-refractivity contribution in [3.05, 3.63) is 47.7 Å². The standard InChI is InChI=1S/C19H23N3O3/c1-22(12-14-5-4-6-16(24-2)18(14)25-3)17-10-7-13(11-20-17)19(23)21-15-8-9-15/h4-7,10-11,15H,8-9,12H2,1-3H3,(H,21,23). The Balaban J connectivity index is 1.70. The summed E-state index contributed by atoms with van der Waals surface area (Å²) >= 11 is 0. The van der Waals surface area contributed by atoms with Crippen molar-refractivity contribution in [3.63, 3.8) is 0 Å². The number of nitrogens with zero attached hydrogens (tertiary/aromatic N) is 2. The number of benzene rings is 1. The van der Waals surface area contributed by atoms with E-state index in [4.69, 9.17) is 9.47 Å². The molecule has 1 aliphatic rings. The molecule has 1 heterocycles. The predicted octanol–water partition coefficient (Wildman–Crippen LogP) is 2.63. The van der Waals surface area contributed by atoms with Gasteiger partial charge in [0.15, 0.2) is 11.5 Å². The van der Waals surface area contributed by atoms with Gasteiger partial charge in [-0.1, -0.05) is 12.1 Å². The van der Waals surface area contributed by atoms with Gasteiger partial charge in [-0.2, -0.15) is 0 Å². The minimum absolute atomic E-state index is 0.0568. The Morgan fingerprint density at radius 3 is 2.64 bits per heavy atom. The van der Waals surface area contributed by atoms with Gasteiger partial charge in [0.05, 0.1) is 19.8 Å². The molecule has 1 aliphatic carbocycles. The molecule has 1 fully saturated rings. The number of nitrogens with one attached hydrogen (secondary N) is 1. The van der Waals surface area contributed by atoms with Gasteiger partial charge in [0.25, 0.3) is 5.91 Å². The van der Waals surface area contributed by atoms with Crippen LogP contribution < -0.4 is 19.7 Å². The highest BCUT2D eigenvalue weighted by molar-refractivity contribution is 5.94. The number of hydrogen-bond donors (Lipinski definition) is 1. The van der Waals surface area contributed by atoms with Crippen LogP contribution in [0.5, 0.6) is 11.5 Å². The monoisotopic (exact) mass is 341 g/mol. The van der Waals surface area contributed by atoms with E-state index >= 15 is 0 Å². The molecule has 6 nitrogen and oxygen atoms in total. The molecular formula is C19H23N3O3. The van der Waals surface area contributed by atoms with Crippen molar-refractivity contribution in [2.45, 2.75) is 25.4 Å². The number of hydrogen-bond acceptors (Lipinski definition) is 5. The number of carbonyl (C=O) groups is 1. The lowest BCUT2D eigenvalue weighted by Crippen LogP contribution is -2.25. The van der Waals surface area contributed by atoms with Gasteiger partial charge in [0, 0.05) is 31.4 Å². The van der Waals surface area contributed by atoms with Crippen molar-refractivity contribution in [1.29, 1.82) is 0 Å². The van der Waals surface area contributed by atoms with Gasteiger partial charge >= 0.3 is 0 Å². The van der Waals surface area contributed by atoms with Gasteiger partial charge in [0.1, 0.15) is 5.82 Å². The van der Waals surface area contributed by atoms with Crippen LogP contribution in [-0.4, -0.2) is 38.2 Å². The number of carbonyl (C=O) groups excluding carboxylic acids is 1. The number of pyridine rings is 1. The van der Waals surface area contributed by atoms with E-state index in [9.17, 15) is 4.79 Å². The minimum Gasteiger partial charge on any atom is -0.493 e. The van der Waals surface area contributed by atoms with Crippen molar-refractivity contribution in [1.82, 2.24) is 10.3 Å². The average Bonchev–Trinajstić information content (AvgIpc) is 3.45. The SMILES string of the molecule is COc1cccc(CN(C)c2ccc(C(=O)NC3CC3)cn2)c1OC. The number of ether oxygens (including phenoxy) is 2. The fourth-order valence-electron chi connectivity index (χ4n) is 2.66. The summed E-state index contributed by atoms with van der Waals surface area (Å²) in [5.41, 5.74) is 1.59. The molecule has 0 spiro atoms. The second-order valence-electron chi connectivity index (χ2n) is 6.16. The van der Waals surface area contributed by atoms with Crippen molar-refractivity contribution in [2.24, 2.45) is 0 Å². The first-order valence-corrected chi connectivity index (χ1v) is 8.30. The van der Waals surface area contributed by atoms with Gasteiger partial charge in [-0.3, -0.25) is 4.79 Å². The van der Waals surface area contributed by atoms with E-state index in [-0.39, 0.29) is 5.91 Å². The van der Waals surface area contributed by atoms with Crippen molar-refractivity contribution in [2.75, 3.05) is 26.2 Å². The minimum atomic E-state index is -0.0568. The third kappa shape index (κ3) is 4.02. The zero-order valence-corrected chi connectivity index (χ0v) is 14.8. The van der Waals surface area contributed by atoms with E-state index in [0.29, 0.717) is 23.9 Å². The van der Waals surface area contributed by atoms with Crippen molar-refractivity contribution < 1.29 is 14.3 Å². The maximum absolute atomic E-state index is 12.0. The third-order valence-electron chi connectivity index (χ3n) is 4.21. The van der Waals surface area contributed by atoms with Gasteiger partial charge in [0.2, 0.25) is 0 Å². The summed E-state index contributed by atoms with van der Waals surface area (Å²) in [6.45, 7) is 0.612. The fraction of sp³-hybridized carbons (Fsp3) is 0.368. The predicted molar refractivity (Wildman–Crippen MR) is 96.4 cm³/mol. The molecule has 3 rings (SSSR count). The summed E-state index contributed by atoms with van der Waals surface area (Å²) in [5, 5.41) is 2.96. The zero-order valence-electron chi connectivity index (χ0n) is 14.8. The van der Waals surface area contributed by atoms with Crippen molar-refractivity contribution in [3.8, 4) is 11.5 Å². The molecule has 132 valence electrons. The normalized spacial score (nSPS) is 13.2. The van der Waals surface area contributed by atoms with Gasteiger partial charge < -0.3 is 19.7 Å².